The van der Waals surface area contributed by atoms with E-state index in [1.54, 1.807) is 0 Å². The number of nitrogens with one attached hydrogen (secondary N) is 1. The number of amides is 1. The molecule has 0 bridgehead atoms. The molecule has 0 spiro atoms. The van der Waals surface area contributed by atoms with Gasteiger partial charge < -0.3 is 5.32 Å². The second-order valence-corrected chi connectivity index (χ2v) is 4.21. The summed E-state index contributed by atoms with van der Waals surface area (Å²) in [4.78, 5) is 11.5. The van der Waals surface area contributed by atoms with Crippen molar-refractivity contribution in [3.8, 4) is 6.07 Å². The Morgan fingerprint density at radius 1 is 1.52 bits per heavy atom. The van der Waals surface area contributed by atoms with Crippen LogP contribution < -0.4 is 5.32 Å². The fraction of sp³-hybridized carbons (Fsp3) is 0.214. The molecule has 0 atom stereocenters. The normalized spacial score (nSPS) is 12.7. The first kappa shape index (κ1) is 18.2. The second kappa shape index (κ2) is 7.93. The summed E-state index contributed by atoms with van der Waals surface area (Å²) in [5, 5.41) is 14.4. The van der Waals surface area contributed by atoms with Gasteiger partial charge in [-0.15, -0.1) is 0 Å². The SMILES string of the molecule is C=C/C(C#N)=C(\C=C\NC(=O)CCn1cc(F)cn1)C(F)(F)F. The predicted molar refractivity (Wildman–Crippen MR) is 73.0 cm³/mol. The molecule has 0 aromatic carbocycles. The van der Waals surface area contributed by atoms with Crippen LogP contribution in [0.15, 0.2) is 48.5 Å². The number of aryl methyl sites for hydroxylation is 1. The minimum atomic E-state index is -4.76. The Bertz CT molecular complexity index is 680. The quantitative estimate of drug-likeness (QED) is 0.496. The lowest BCUT2D eigenvalue weighted by atomic mass is 10.1. The van der Waals surface area contributed by atoms with Crippen molar-refractivity contribution in [1.29, 1.82) is 5.26 Å². The zero-order valence-electron chi connectivity index (χ0n) is 11.8. The molecule has 0 aliphatic carbocycles. The highest BCUT2D eigenvalue weighted by atomic mass is 19.4. The number of allylic oxidation sites excluding steroid dienone is 4. The minimum Gasteiger partial charge on any atom is -0.333 e. The molecule has 5 nitrogen and oxygen atoms in total. The first-order valence-corrected chi connectivity index (χ1v) is 6.25. The largest absolute Gasteiger partial charge is 0.417 e. The van der Waals surface area contributed by atoms with Crippen molar-refractivity contribution in [2.24, 2.45) is 0 Å². The van der Waals surface area contributed by atoms with Crippen LogP contribution in [0.4, 0.5) is 17.6 Å². The Morgan fingerprint density at radius 2 is 2.22 bits per heavy atom. The Balaban J connectivity index is 2.65. The summed E-state index contributed by atoms with van der Waals surface area (Å²) < 4.78 is 52.2. The number of rotatable bonds is 6. The number of carbonyl (C=O) groups is 1. The molecule has 1 rings (SSSR count). The molecule has 1 N–H and O–H groups in total. The van der Waals surface area contributed by atoms with E-state index in [2.05, 4.69) is 17.0 Å². The lowest BCUT2D eigenvalue weighted by Gasteiger charge is -2.08. The Labute approximate surface area is 129 Å². The number of carbonyl (C=O) groups excluding carboxylic acids is 1. The zero-order chi connectivity index (χ0) is 17.5. The molecule has 0 saturated heterocycles. The zero-order valence-corrected chi connectivity index (χ0v) is 11.8. The van der Waals surface area contributed by atoms with E-state index in [9.17, 15) is 22.4 Å². The predicted octanol–water partition coefficient (Wildman–Crippen LogP) is 2.61. The maximum atomic E-state index is 12.8. The fourth-order valence-corrected chi connectivity index (χ4v) is 1.52. The van der Waals surface area contributed by atoms with Gasteiger partial charge in [0.05, 0.1) is 29.6 Å². The lowest BCUT2D eigenvalue weighted by molar-refractivity contribution is -0.120. The molecule has 0 fully saturated rings. The van der Waals surface area contributed by atoms with Gasteiger partial charge in [0.25, 0.3) is 0 Å². The Hall–Kier alpha value is -2.89. The number of hydrogen-bond donors (Lipinski definition) is 1. The van der Waals surface area contributed by atoms with E-state index in [1.165, 1.54) is 10.8 Å². The third-order valence-electron chi connectivity index (χ3n) is 2.58. The van der Waals surface area contributed by atoms with E-state index in [1.807, 2.05) is 0 Å². The summed E-state index contributed by atoms with van der Waals surface area (Å²) in [5.74, 6) is -1.14. The van der Waals surface area contributed by atoms with Gasteiger partial charge in [-0.1, -0.05) is 12.7 Å². The van der Waals surface area contributed by atoms with Crippen molar-refractivity contribution in [2.45, 2.75) is 19.1 Å². The lowest BCUT2D eigenvalue weighted by Crippen LogP contribution is -2.20. The van der Waals surface area contributed by atoms with E-state index >= 15 is 0 Å². The molecule has 0 aliphatic rings. The molecule has 0 saturated carbocycles. The molecular formula is C14H12F4N4O. The monoisotopic (exact) mass is 328 g/mol. The summed E-state index contributed by atoms with van der Waals surface area (Å²) in [6.45, 7) is 3.20. The van der Waals surface area contributed by atoms with E-state index < -0.39 is 29.0 Å². The molecule has 1 amide bonds. The van der Waals surface area contributed by atoms with E-state index in [0.717, 1.165) is 24.7 Å². The molecule has 23 heavy (non-hydrogen) atoms. The molecule has 122 valence electrons. The molecule has 0 unspecified atom stereocenters. The molecule has 0 aliphatic heterocycles. The molecular weight excluding hydrogens is 316 g/mol. The van der Waals surface area contributed by atoms with Gasteiger partial charge >= 0.3 is 6.18 Å². The molecule has 0 radical (unpaired) electrons. The number of nitriles is 1. The number of hydrogen-bond acceptors (Lipinski definition) is 3. The highest BCUT2D eigenvalue weighted by molar-refractivity contribution is 5.76. The maximum absolute atomic E-state index is 12.8. The summed E-state index contributed by atoms with van der Waals surface area (Å²) in [6, 6.07) is 1.38. The van der Waals surface area contributed by atoms with Crippen molar-refractivity contribution in [1.82, 2.24) is 15.1 Å². The van der Waals surface area contributed by atoms with Crippen molar-refractivity contribution in [3.05, 3.63) is 54.3 Å². The molecule has 1 aromatic rings. The van der Waals surface area contributed by atoms with Crippen LogP contribution in [-0.2, 0) is 11.3 Å². The number of alkyl halides is 3. The highest BCUT2D eigenvalue weighted by Gasteiger charge is 2.34. The second-order valence-electron chi connectivity index (χ2n) is 4.21. The third-order valence-corrected chi connectivity index (χ3v) is 2.58. The average molecular weight is 328 g/mol. The van der Waals surface area contributed by atoms with Gasteiger partial charge in [-0.2, -0.15) is 23.5 Å². The van der Waals surface area contributed by atoms with Crippen LogP contribution in [0.1, 0.15) is 6.42 Å². The van der Waals surface area contributed by atoms with Gasteiger partial charge in [-0.3, -0.25) is 9.48 Å². The first-order valence-electron chi connectivity index (χ1n) is 6.25. The minimum absolute atomic E-state index is 0.0711. The van der Waals surface area contributed by atoms with Crippen LogP contribution in [0.3, 0.4) is 0 Å². The Morgan fingerprint density at radius 3 is 2.70 bits per heavy atom. The fourth-order valence-electron chi connectivity index (χ4n) is 1.52. The smallest absolute Gasteiger partial charge is 0.333 e. The summed E-state index contributed by atoms with van der Waals surface area (Å²) in [6.07, 6.45) is -0.674. The first-order chi connectivity index (χ1) is 10.8. The molecule has 1 aromatic heterocycles. The van der Waals surface area contributed by atoms with Crippen molar-refractivity contribution in [2.75, 3.05) is 0 Å². The van der Waals surface area contributed by atoms with Gasteiger partial charge in [-0.05, 0) is 6.08 Å². The third kappa shape index (κ3) is 5.78. The van der Waals surface area contributed by atoms with Crippen molar-refractivity contribution < 1.29 is 22.4 Å². The summed E-state index contributed by atoms with van der Waals surface area (Å²) in [7, 11) is 0. The van der Waals surface area contributed by atoms with Crippen molar-refractivity contribution in [3.63, 3.8) is 0 Å². The Kier molecular flexibility index (Phi) is 6.26. The van der Waals surface area contributed by atoms with Gasteiger partial charge in [-0.25, -0.2) is 4.39 Å². The summed E-state index contributed by atoms with van der Waals surface area (Å²) in [5.41, 5.74) is -1.88. The standard InChI is InChI=1S/C14H12F4N4O/c1-2-10(7-19)12(14(16,17)18)3-5-20-13(23)4-6-22-9-11(15)8-21-22/h2-3,5,8-9H,1,4,6H2,(H,20,23)/b5-3+,12-10-. The molecule has 9 heteroatoms. The highest BCUT2D eigenvalue weighted by Crippen LogP contribution is 2.29. The van der Waals surface area contributed by atoms with Crippen LogP contribution >= 0.6 is 0 Å². The van der Waals surface area contributed by atoms with E-state index in [4.69, 9.17) is 5.26 Å². The summed E-state index contributed by atoms with van der Waals surface area (Å²) >= 11 is 0. The van der Waals surface area contributed by atoms with Crippen LogP contribution in [0, 0.1) is 17.1 Å². The van der Waals surface area contributed by atoms with Gasteiger partial charge in [0, 0.05) is 19.2 Å². The van der Waals surface area contributed by atoms with Gasteiger partial charge in [0.15, 0.2) is 5.82 Å². The van der Waals surface area contributed by atoms with E-state index in [0.29, 0.717) is 6.08 Å². The van der Waals surface area contributed by atoms with Crippen LogP contribution in [0.5, 0.6) is 0 Å². The van der Waals surface area contributed by atoms with E-state index in [-0.39, 0.29) is 13.0 Å². The topological polar surface area (TPSA) is 70.7 Å². The van der Waals surface area contributed by atoms with Gasteiger partial charge in [0.1, 0.15) is 0 Å². The van der Waals surface area contributed by atoms with Crippen molar-refractivity contribution >= 4 is 5.91 Å². The van der Waals surface area contributed by atoms with Crippen LogP contribution in [0.2, 0.25) is 0 Å². The number of aromatic nitrogens is 2. The molecule has 1 heterocycles. The average Bonchev–Trinajstić information content (AvgIpc) is 2.89. The number of nitrogens with zero attached hydrogens (tertiary/aromatic N) is 3. The van der Waals surface area contributed by atoms with Crippen LogP contribution in [0.25, 0.3) is 0 Å². The van der Waals surface area contributed by atoms with Crippen LogP contribution in [-0.4, -0.2) is 21.9 Å². The number of halogens is 4. The maximum Gasteiger partial charge on any atom is 0.417 e. The van der Waals surface area contributed by atoms with Gasteiger partial charge in [0.2, 0.25) is 5.91 Å².